The summed E-state index contributed by atoms with van der Waals surface area (Å²) in [6.07, 6.45) is 17.9. The molecule has 24 heteroatoms. The SMILES string of the molecule is CCN1C(=O)C(=C/C=C/c2ccc(C)cc2)C(=O)N(CC)C1=S.CCN1C(=O)C(=C/C=C/c2ccc(F)cc2)C(=O)N(CC)C1=S.CCN1C(=O)C(=C/C=C/c2cccc(F)c2)C(=O)N(CC)C1=S.COc1ccc2c(c1)OCC(C=C1C(=O)N(C)C(=O)N(C)C1=O)=C2. The molecule has 9 rings (SSSR count). The van der Waals surface area contributed by atoms with Gasteiger partial charge < -0.3 is 9.47 Å². The molecule has 0 radical (unpaired) electrons. The van der Waals surface area contributed by atoms with Gasteiger partial charge in [0.15, 0.2) is 15.3 Å². The molecule has 0 atom stereocenters. The Hall–Kier alpha value is -10.0. The van der Waals surface area contributed by atoms with Gasteiger partial charge in [-0.3, -0.25) is 77.6 Å². The van der Waals surface area contributed by atoms with Gasteiger partial charge in [0.1, 0.15) is 52.0 Å². The molecular formula is C69H70F2N8O11S3. The molecule has 0 spiro atoms. The maximum atomic E-state index is 13.1. The van der Waals surface area contributed by atoms with Gasteiger partial charge in [-0.15, -0.1) is 0 Å². The lowest BCUT2D eigenvalue weighted by molar-refractivity contribution is -0.135. The third kappa shape index (κ3) is 17.3. The van der Waals surface area contributed by atoms with Crippen molar-refractivity contribution >= 4 is 130 Å². The molecule has 10 amide bonds. The number of fused-ring (bicyclic) bond motifs is 1. The number of rotatable bonds is 14. The summed E-state index contributed by atoms with van der Waals surface area (Å²) in [7, 11) is 4.26. The number of thiocarbonyl (C=S) groups is 3. The molecule has 93 heavy (non-hydrogen) atoms. The smallest absolute Gasteiger partial charge is 0.333 e. The number of hydrogen-bond acceptors (Lipinski definition) is 14. The van der Waals surface area contributed by atoms with Gasteiger partial charge in [0.25, 0.3) is 47.3 Å². The molecule has 0 N–H and O–H groups in total. The Morgan fingerprint density at radius 2 is 0.860 bits per heavy atom. The molecule has 0 aliphatic carbocycles. The molecule has 4 aromatic rings. The van der Waals surface area contributed by atoms with E-state index in [9.17, 15) is 51.9 Å². The summed E-state index contributed by atoms with van der Waals surface area (Å²) >= 11 is 15.6. The lowest BCUT2D eigenvalue weighted by Crippen LogP contribution is -2.55. The van der Waals surface area contributed by atoms with E-state index in [0.29, 0.717) is 61.9 Å². The van der Waals surface area contributed by atoms with Gasteiger partial charge in [-0.2, -0.15) is 0 Å². The molecular weight excluding hydrogens is 1250 g/mol. The largest absolute Gasteiger partial charge is 0.497 e. The van der Waals surface area contributed by atoms with Gasteiger partial charge in [-0.25, -0.2) is 13.6 Å². The molecule has 0 saturated carbocycles. The molecule has 0 bridgehead atoms. The standard InChI is InChI=1S/C18H20N2O2S.2C17H17FN2O2S.C17H16N2O5/c1-4-19-16(21)15(17(22)20(5-2)18(19)23)8-6-7-14-11-9-13(3)10-12-14;1-3-19-15(21)14(16(22)20(4-2)17(19)23)10-6-8-12-7-5-9-13(18)11-12;1-3-19-15(21)14(16(22)20(4-2)17(19)23)7-5-6-12-8-10-13(18)11-9-12;1-18-15(20)13(16(21)19(2)17(18)22)7-10-6-11-4-5-12(23-3)8-14(11)24-9-10/h6-12H,4-5H2,1-3H3;2*5-11H,3-4H2,1-2H3;4-8H,9H2,1-3H3/b7-6+;8-6+;6-5+;. The predicted molar refractivity (Wildman–Crippen MR) is 363 cm³/mol. The van der Waals surface area contributed by atoms with E-state index in [1.54, 1.807) is 108 Å². The van der Waals surface area contributed by atoms with E-state index in [-0.39, 0.29) is 67.7 Å². The first-order valence-electron chi connectivity index (χ1n) is 29.5. The number of ether oxygens (including phenoxy) is 2. The second kappa shape index (κ2) is 33.3. The molecule has 0 unspecified atom stereocenters. The summed E-state index contributed by atoms with van der Waals surface area (Å²) < 4.78 is 36.8. The number of urea groups is 1. The van der Waals surface area contributed by atoms with Gasteiger partial charge in [-0.1, -0.05) is 90.6 Å². The molecule has 4 fully saturated rings. The van der Waals surface area contributed by atoms with Crippen molar-refractivity contribution in [2.24, 2.45) is 0 Å². The first-order chi connectivity index (χ1) is 44.4. The second-order valence-electron chi connectivity index (χ2n) is 20.5. The fourth-order valence-electron chi connectivity index (χ4n) is 9.37. The van der Waals surface area contributed by atoms with Gasteiger partial charge >= 0.3 is 6.03 Å². The van der Waals surface area contributed by atoms with Gasteiger partial charge in [0.2, 0.25) is 0 Å². The number of likely N-dealkylation sites (N-methyl/N-ethyl adjacent to an activating group) is 8. The van der Waals surface area contributed by atoms with Crippen molar-refractivity contribution < 1.29 is 61.4 Å². The quantitative estimate of drug-likeness (QED) is 0.0657. The number of carbonyl (C=O) groups is 9. The maximum Gasteiger partial charge on any atom is 0.333 e. The number of methoxy groups -OCH3 is 1. The predicted octanol–water partition coefficient (Wildman–Crippen LogP) is 9.90. The number of barbiturate groups is 1. The minimum absolute atomic E-state index is 0.0509. The molecule has 5 aliphatic rings. The molecule has 5 heterocycles. The highest BCUT2D eigenvalue weighted by Crippen LogP contribution is 2.32. The van der Waals surface area contributed by atoms with E-state index in [0.717, 1.165) is 26.5 Å². The molecule has 4 aromatic carbocycles. The Morgan fingerprint density at radius 1 is 0.473 bits per heavy atom. The average Bonchev–Trinajstić information content (AvgIpc) is 0.825. The first-order valence-corrected chi connectivity index (χ1v) is 30.7. The molecule has 19 nitrogen and oxygen atoms in total. The normalized spacial score (nSPS) is 16.2. The Bertz CT molecular complexity index is 3680. The van der Waals surface area contributed by atoms with E-state index in [1.807, 2.05) is 63.3 Å². The lowest BCUT2D eigenvalue weighted by Gasteiger charge is -2.35. The van der Waals surface area contributed by atoms with Gasteiger partial charge in [-0.05, 0) is 174 Å². The zero-order valence-corrected chi connectivity index (χ0v) is 55.5. The van der Waals surface area contributed by atoms with Crippen LogP contribution in [-0.4, -0.2) is 175 Å². The Balaban J connectivity index is 0.000000197. The zero-order chi connectivity index (χ0) is 68.4. The number of amides is 10. The van der Waals surface area contributed by atoms with Crippen LogP contribution in [0.5, 0.6) is 11.5 Å². The van der Waals surface area contributed by atoms with E-state index < -0.39 is 41.5 Å². The number of imide groups is 2. The number of allylic oxidation sites excluding steroid dienone is 6. The fraction of sp³-hybridized carbons (Fsp3) is 0.246. The third-order valence-corrected chi connectivity index (χ3v) is 15.8. The van der Waals surface area contributed by atoms with Crippen LogP contribution in [0, 0.1) is 18.6 Å². The van der Waals surface area contributed by atoms with Crippen molar-refractivity contribution in [2.75, 3.05) is 67.1 Å². The van der Waals surface area contributed by atoms with Crippen LogP contribution in [0.15, 0.2) is 161 Å². The third-order valence-electron chi connectivity index (χ3n) is 14.5. The van der Waals surface area contributed by atoms with Crippen LogP contribution in [0.3, 0.4) is 0 Å². The number of carbonyl (C=O) groups excluding carboxylic acids is 9. The molecule has 484 valence electrons. The zero-order valence-electron chi connectivity index (χ0n) is 53.0. The van der Waals surface area contributed by atoms with Crippen LogP contribution >= 0.6 is 36.7 Å². The van der Waals surface area contributed by atoms with Crippen molar-refractivity contribution in [3.63, 3.8) is 0 Å². The van der Waals surface area contributed by atoms with Crippen molar-refractivity contribution in [3.05, 3.63) is 201 Å². The summed E-state index contributed by atoms with van der Waals surface area (Å²) in [4.78, 5) is 121. The van der Waals surface area contributed by atoms with Crippen LogP contribution in [-0.2, 0) is 38.4 Å². The minimum atomic E-state index is -0.645. The Labute approximate surface area is 555 Å². The maximum absolute atomic E-state index is 13.1. The van der Waals surface area contributed by atoms with E-state index in [4.69, 9.17) is 46.1 Å². The van der Waals surface area contributed by atoms with Crippen molar-refractivity contribution in [1.29, 1.82) is 0 Å². The average molecular weight is 1320 g/mol. The topological polar surface area (TPSA) is 198 Å². The highest BCUT2D eigenvalue weighted by atomic mass is 32.1. The van der Waals surface area contributed by atoms with Crippen LogP contribution in [0.2, 0.25) is 0 Å². The molecule has 0 aromatic heterocycles. The van der Waals surface area contributed by atoms with Crippen LogP contribution in [0.1, 0.15) is 69.4 Å². The summed E-state index contributed by atoms with van der Waals surface area (Å²) in [6.45, 7) is 15.6. The number of nitrogens with zero attached hydrogens (tertiary/aromatic N) is 8. The van der Waals surface area contributed by atoms with E-state index >= 15 is 0 Å². The van der Waals surface area contributed by atoms with Crippen molar-refractivity contribution in [3.8, 4) is 11.5 Å². The Kier molecular flexibility index (Phi) is 25.8. The number of benzene rings is 4. The van der Waals surface area contributed by atoms with Gasteiger partial charge in [0, 0.05) is 65.0 Å². The molecule has 4 saturated heterocycles. The van der Waals surface area contributed by atoms with Crippen molar-refractivity contribution in [2.45, 2.75) is 48.5 Å². The van der Waals surface area contributed by atoms with E-state index in [2.05, 4.69) is 0 Å². The van der Waals surface area contributed by atoms with Crippen LogP contribution in [0.4, 0.5) is 13.6 Å². The first kappa shape index (κ1) is 72.0. The monoisotopic (exact) mass is 1320 g/mol. The highest BCUT2D eigenvalue weighted by Gasteiger charge is 2.41. The van der Waals surface area contributed by atoms with E-state index in [1.165, 1.54) is 91.6 Å². The van der Waals surface area contributed by atoms with Gasteiger partial charge in [0.05, 0.1) is 7.11 Å². The second-order valence-corrected chi connectivity index (χ2v) is 21.6. The summed E-state index contributed by atoms with van der Waals surface area (Å²) in [5, 5.41) is 0.755. The highest BCUT2D eigenvalue weighted by molar-refractivity contribution is 7.80. The lowest BCUT2D eigenvalue weighted by atomic mass is 10.0. The summed E-state index contributed by atoms with van der Waals surface area (Å²) in [6, 6.07) is 24.7. The number of aryl methyl sites for hydroxylation is 1. The minimum Gasteiger partial charge on any atom is -0.497 e. The Morgan fingerprint density at radius 3 is 1.24 bits per heavy atom. The van der Waals surface area contributed by atoms with Crippen LogP contribution < -0.4 is 9.47 Å². The molecule has 5 aliphatic heterocycles. The number of hydrogen-bond donors (Lipinski definition) is 0. The number of halogens is 2. The van der Waals surface area contributed by atoms with Crippen molar-refractivity contribution in [1.82, 2.24) is 39.2 Å². The summed E-state index contributed by atoms with van der Waals surface area (Å²) in [5.74, 6) is -2.81. The summed E-state index contributed by atoms with van der Waals surface area (Å²) in [5.41, 5.74) is 5.31. The fourth-order valence-corrected chi connectivity index (χ4v) is 10.6. The van der Waals surface area contributed by atoms with Crippen LogP contribution in [0.25, 0.3) is 24.3 Å².